The van der Waals surface area contributed by atoms with Crippen LogP contribution in [-0.4, -0.2) is 151 Å². The van der Waals surface area contributed by atoms with Gasteiger partial charge < -0.3 is 65.3 Å². The van der Waals surface area contributed by atoms with Crippen molar-refractivity contribution in [3.63, 3.8) is 0 Å². The van der Waals surface area contributed by atoms with Crippen LogP contribution < -0.4 is 0 Å². The molecule has 2 fully saturated rings. The third-order valence-corrected chi connectivity index (χ3v) is 5.22. The van der Waals surface area contributed by atoms with Crippen molar-refractivity contribution in [2.45, 2.75) is 73.2 Å². The van der Waals surface area contributed by atoms with Gasteiger partial charge in [-0.1, -0.05) is 0 Å². The molecule has 0 spiro atoms. The van der Waals surface area contributed by atoms with Crippen LogP contribution in [0.4, 0.5) is 0 Å². The van der Waals surface area contributed by atoms with Crippen molar-refractivity contribution in [3.05, 3.63) is 0 Å². The van der Waals surface area contributed by atoms with Gasteiger partial charge in [0.1, 0.15) is 73.2 Å². The number of hydrogen-bond acceptors (Lipinski definition) is 13. The zero-order valence-corrected chi connectivity index (χ0v) is 15.5. The highest BCUT2D eigenvalue weighted by Gasteiger charge is 2.49. The van der Waals surface area contributed by atoms with Crippen LogP contribution in [0.2, 0.25) is 0 Å². The molecule has 29 heavy (non-hydrogen) atoms. The van der Waals surface area contributed by atoms with Gasteiger partial charge >= 0.3 is 0 Å². The van der Waals surface area contributed by atoms with E-state index in [1.807, 2.05) is 0 Å². The number of ether oxygens (including phenoxy) is 3. The zero-order valence-electron chi connectivity index (χ0n) is 15.5. The first-order valence-corrected chi connectivity index (χ1v) is 9.21. The minimum absolute atomic E-state index is 0.0478. The van der Waals surface area contributed by atoms with Crippen molar-refractivity contribution in [1.29, 1.82) is 0 Å². The summed E-state index contributed by atoms with van der Waals surface area (Å²) in [6.45, 7) is -0.388. The van der Waals surface area contributed by atoms with Crippen molar-refractivity contribution in [3.8, 4) is 0 Å². The predicted molar refractivity (Wildman–Crippen MR) is 90.4 cm³/mol. The molecule has 2 aliphatic carbocycles. The summed E-state index contributed by atoms with van der Waals surface area (Å²) in [5, 5.41) is 96.6. The Morgan fingerprint density at radius 3 is 0.862 bits per heavy atom. The van der Waals surface area contributed by atoms with Crippen LogP contribution in [0.5, 0.6) is 0 Å². The SMILES string of the molecule is OC1C(OCCOCCOC2C(O)[C@@H](O)C(O)[C@@H](O)C2O)C(O)[C@H](O)C(O)[C@@H]1O. The lowest BCUT2D eigenvalue weighted by Crippen LogP contribution is -2.64. The number of rotatable bonds is 8. The first kappa shape index (κ1) is 24.7. The van der Waals surface area contributed by atoms with E-state index in [1.54, 1.807) is 0 Å². The van der Waals surface area contributed by atoms with Gasteiger partial charge in [-0.05, 0) is 0 Å². The van der Waals surface area contributed by atoms with E-state index < -0.39 is 73.2 Å². The van der Waals surface area contributed by atoms with E-state index in [0.29, 0.717) is 0 Å². The average molecular weight is 430 g/mol. The van der Waals surface area contributed by atoms with Crippen LogP contribution >= 0.6 is 0 Å². The van der Waals surface area contributed by atoms with E-state index in [9.17, 15) is 51.1 Å². The van der Waals surface area contributed by atoms with Crippen molar-refractivity contribution in [2.75, 3.05) is 26.4 Å². The fourth-order valence-corrected chi connectivity index (χ4v) is 3.38. The standard InChI is InChI=1S/C16H30O13/c17-5-7(19)11(23)15(12(24)8(5)20)28-3-1-27-2-4-29-16-13(25)9(21)6(18)10(22)14(16)26/h5-26H,1-4H2/t5?,6?,7-,8+,9-,10+,11?,12?,13?,14?,15?,16?. The Morgan fingerprint density at radius 2 is 0.586 bits per heavy atom. The highest BCUT2D eigenvalue weighted by Crippen LogP contribution is 2.25. The van der Waals surface area contributed by atoms with Crippen LogP contribution in [0, 0.1) is 0 Å². The zero-order chi connectivity index (χ0) is 21.9. The lowest BCUT2D eigenvalue weighted by molar-refractivity contribution is -0.240. The normalized spacial score (nSPS) is 48.6. The quantitative estimate of drug-likeness (QED) is 0.162. The molecule has 0 bridgehead atoms. The largest absolute Gasteiger partial charge is 0.387 e. The van der Waals surface area contributed by atoms with E-state index >= 15 is 0 Å². The molecule has 0 saturated heterocycles. The topological polar surface area (TPSA) is 230 Å². The van der Waals surface area contributed by atoms with Crippen LogP contribution in [0.15, 0.2) is 0 Å². The lowest BCUT2D eigenvalue weighted by Gasteiger charge is -2.41. The van der Waals surface area contributed by atoms with Crippen LogP contribution in [-0.2, 0) is 14.2 Å². The number of hydrogen-bond donors (Lipinski definition) is 10. The van der Waals surface area contributed by atoms with E-state index in [0.717, 1.165) is 0 Å². The Labute approximate surface area is 165 Å². The lowest BCUT2D eigenvalue weighted by atomic mass is 9.85. The Balaban J connectivity index is 1.66. The molecule has 0 aromatic rings. The van der Waals surface area contributed by atoms with Gasteiger partial charge in [0.15, 0.2) is 0 Å². The minimum Gasteiger partial charge on any atom is -0.387 e. The van der Waals surface area contributed by atoms with Crippen LogP contribution in [0.1, 0.15) is 0 Å². The Hall–Kier alpha value is -0.520. The molecular weight excluding hydrogens is 400 g/mol. The Kier molecular flexibility index (Phi) is 9.11. The maximum atomic E-state index is 9.82. The molecule has 2 saturated carbocycles. The van der Waals surface area contributed by atoms with Gasteiger partial charge in [-0.2, -0.15) is 0 Å². The van der Waals surface area contributed by atoms with Gasteiger partial charge in [-0.25, -0.2) is 0 Å². The average Bonchev–Trinajstić information content (AvgIpc) is 2.71. The molecule has 0 radical (unpaired) electrons. The van der Waals surface area contributed by atoms with Crippen molar-refractivity contribution in [1.82, 2.24) is 0 Å². The molecule has 2 aliphatic rings. The molecule has 0 amide bonds. The molecule has 172 valence electrons. The second kappa shape index (κ2) is 10.7. The first-order chi connectivity index (χ1) is 13.6. The second-order valence-corrected chi connectivity index (χ2v) is 7.19. The van der Waals surface area contributed by atoms with E-state index in [-0.39, 0.29) is 26.4 Å². The van der Waals surface area contributed by atoms with Crippen molar-refractivity contribution >= 4 is 0 Å². The maximum absolute atomic E-state index is 9.82. The number of aliphatic hydroxyl groups is 10. The van der Waals surface area contributed by atoms with Gasteiger partial charge in [0.2, 0.25) is 0 Å². The molecule has 8 unspecified atom stereocenters. The van der Waals surface area contributed by atoms with E-state index in [2.05, 4.69) is 0 Å². The summed E-state index contributed by atoms with van der Waals surface area (Å²) in [5.74, 6) is 0. The van der Waals surface area contributed by atoms with Crippen molar-refractivity contribution < 1.29 is 65.3 Å². The van der Waals surface area contributed by atoms with Crippen LogP contribution in [0.25, 0.3) is 0 Å². The second-order valence-electron chi connectivity index (χ2n) is 7.19. The molecule has 2 rings (SSSR count). The van der Waals surface area contributed by atoms with Gasteiger partial charge in [-0.3, -0.25) is 0 Å². The van der Waals surface area contributed by atoms with Gasteiger partial charge in [-0.15, -0.1) is 0 Å². The fourth-order valence-electron chi connectivity index (χ4n) is 3.38. The molecule has 12 atom stereocenters. The highest BCUT2D eigenvalue weighted by molar-refractivity contribution is 5.00. The summed E-state index contributed by atoms with van der Waals surface area (Å²) in [6.07, 6.45) is -19.3. The molecule has 13 nitrogen and oxygen atoms in total. The van der Waals surface area contributed by atoms with Crippen molar-refractivity contribution in [2.24, 2.45) is 0 Å². The monoisotopic (exact) mass is 430 g/mol. The molecule has 13 heteroatoms. The summed E-state index contributed by atoms with van der Waals surface area (Å²) in [7, 11) is 0. The minimum atomic E-state index is -1.71. The molecule has 10 N–H and O–H groups in total. The maximum Gasteiger partial charge on any atom is 0.115 e. The highest BCUT2D eigenvalue weighted by atomic mass is 16.6. The summed E-state index contributed by atoms with van der Waals surface area (Å²) in [4.78, 5) is 0. The van der Waals surface area contributed by atoms with Gasteiger partial charge in [0.25, 0.3) is 0 Å². The summed E-state index contributed by atoms with van der Waals surface area (Å²) >= 11 is 0. The third-order valence-electron chi connectivity index (χ3n) is 5.22. The van der Waals surface area contributed by atoms with E-state index in [4.69, 9.17) is 14.2 Å². The van der Waals surface area contributed by atoms with Crippen LogP contribution in [0.3, 0.4) is 0 Å². The van der Waals surface area contributed by atoms with Gasteiger partial charge in [0.05, 0.1) is 26.4 Å². The first-order valence-electron chi connectivity index (χ1n) is 9.21. The van der Waals surface area contributed by atoms with E-state index in [1.165, 1.54) is 0 Å². The summed E-state index contributed by atoms with van der Waals surface area (Å²) in [6, 6.07) is 0. The Morgan fingerprint density at radius 1 is 0.345 bits per heavy atom. The van der Waals surface area contributed by atoms with Gasteiger partial charge in [0, 0.05) is 0 Å². The Bertz CT molecular complexity index is 421. The number of aliphatic hydroxyl groups excluding tert-OH is 10. The predicted octanol–water partition coefficient (Wildman–Crippen LogP) is -6.59. The molecule has 0 aromatic carbocycles. The molecule has 0 aliphatic heterocycles. The summed E-state index contributed by atoms with van der Waals surface area (Å²) in [5.41, 5.74) is 0. The third kappa shape index (κ3) is 5.40. The molecular formula is C16H30O13. The molecule has 0 aromatic heterocycles. The summed E-state index contributed by atoms with van der Waals surface area (Å²) < 4.78 is 15.6. The fraction of sp³-hybridized carbons (Fsp3) is 1.00. The molecule has 0 heterocycles. The smallest absolute Gasteiger partial charge is 0.115 e.